The molecule has 6 nitrogen and oxygen atoms in total. The van der Waals surface area contributed by atoms with Crippen LogP contribution in [0.5, 0.6) is 0 Å². The minimum atomic E-state index is -0.0373. The number of urea groups is 1. The highest BCUT2D eigenvalue weighted by atomic mass is 16.5. The molecule has 0 rings (SSSR count). The number of carbonyl (C=O) groups is 1. The summed E-state index contributed by atoms with van der Waals surface area (Å²) in [5.74, 6) is 0. The largest absolute Gasteiger partial charge is 0.385 e. The Labute approximate surface area is 219 Å². The first-order chi connectivity index (χ1) is 17.1. The lowest BCUT2D eigenvalue weighted by Gasteiger charge is -2.20. The Balaban J connectivity index is 3.44. The summed E-state index contributed by atoms with van der Waals surface area (Å²) in [5, 5.41) is 9.58. The highest BCUT2D eigenvalue weighted by Crippen LogP contribution is 2.13. The van der Waals surface area contributed by atoms with Crippen molar-refractivity contribution in [2.24, 2.45) is 0 Å². The number of nitrogens with one attached hydrogen (secondary N) is 3. The number of likely N-dealkylation sites (N-methyl/N-ethyl adjacent to an activating group) is 1. The fourth-order valence-electron chi connectivity index (χ4n) is 4.40. The highest BCUT2D eigenvalue weighted by Gasteiger charge is 2.09. The van der Waals surface area contributed by atoms with E-state index in [2.05, 4.69) is 41.9 Å². The molecule has 0 spiro atoms. The van der Waals surface area contributed by atoms with Crippen LogP contribution in [-0.2, 0) is 4.74 Å². The molecule has 1 atom stereocenters. The Hall–Kier alpha value is -0.850. The number of carbonyl (C=O) groups excluding carboxylic acids is 1. The van der Waals surface area contributed by atoms with Crippen LogP contribution in [-0.4, -0.2) is 71.0 Å². The molecule has 0 bridgehead atoms. The van der Waals surface area contributed by atoms with Crippen LogP contribution in [0.3, 0.4) is 0 Å². The molecule has 3 N–H and O–H groups in total. The molecule has 35 heavy (non-hydrogen) atoms. The van der Waals surface area contributed by atoms with Gasteiger partial charge in [0.25, 0.3) is 0 Å². The molecule has 0 radical (unpaired) electrons. The molecule has 0 aromatic carbocycles. The van der Waals surface area contributed by atoms with E-state index in [1.807, 2.05) is 0 Å². The van der Waals surface area contributed by atoms with Crippen molar-refractivity contribution in [2.45, 2.75) is 129 Å². The highest BCUT2D eigenvalue weighted by molar-refractivity contribution is 5.73. The summed E-state index contributed by atoms with van der Waals surface area (Å²) in [6.07, 6.45) is 23.8. The van der Waals surface area contributed by atoms with E-state index >= 15 is 0 Å². The fourth-order valence-corrected chi connectivity index (χ4v) is 4.40. The number of rotatable bonds is 27. The monoisotopic (exact) mass is 498 g/mol. The number of hydrogen-bond acceptors (Lipinski definition) is 4. The number of amides is 2. The van der Waals surface area contributed by atoms with Gasteiger partial charge in [0.15, 0.2) is 0 Å². The van der Waals surface area contributed by atoms with Crippen LogP contribution in [0, 0.1) is 0 Å². The van der Waals surface area contributed by atoms with Gasteiger partial charge in [-0.2, -0.15) is 0 Å². The van der Waals surface area contributed by atoms with Crippen molar-refractivity contribution in [2.75, 3.05) is 54.0 Å². The first-order valence-electron chi connectivity index (χ1n) is 15.0. The second-order valence-electron chi connectivity index (χ2n) is 10.5. The van der Waals surface area contributed by atoms with Crippen LogP contribution in [0.2, 0.25) is 0 Å². The summed E-state index contributed by atoms with van der Waals surface area (Å²) >= 11 is 0. The van der Waals surface area contributed by atoms with E-state index in [0.29, 0.717) is 12.6 Å². The van der Waals surface area contributed by atoms with Gasteiger partial charge in [-0.25, -0.2) is 4.79 Å². The van der Waals surface area contributed by atoms with E-state index in [1.165, 1.54) is 96.3 Å². The van der Waals surface area contributed by atoms with Crippen LogP contribution in [0.1, 0.15) is 122 Å². The van der Waals surface area contributed by atoms with E-state index in [1.54, 1.807) is 7.11 Å². The van der Waals surface area contributed by atoms with Crippen molar-refractivity contribution < 1.29 is 9.53 Å². The minimum absolute atomic E-state index is 0.0373. The molecule has 0 aromatic heterocycles. The molecule has 0 aromatic rings. The smallest absolute Gasteiger partial charge is 0.314 e. The van der Waals surface area contributed by atoms with Gasteiger partial charge in [-0.15, -0.1) is 0 Å². The van der Waals surface area contributed by atoms with Gasteiger partial charge in [-0.3, -0.25) is 0 Å². The van der Waals surface area contributed by atoms with Crippen molar-refractivity contribution >= 4 is 6.03 Å². The number of hydrogen-bond donors (Lipinski definition) is 3. The molecule has 0 saturated carbocycles. The minimum Gasteiger partial charge on any atom is -0.385 e. The summed E-state index contributed by atoms with van der Waals surface area (Å²) < 4.78 is 5.22. The molecule has 1 unspecified atom stereocenters. The standard InChI is InChI=1S/C29H62N4O2/c1-5-6-7-8-9-10-11-12-13-14-15-16-17-18-19-20-23-31-29(34)32-24-21-28(22-27-35-4)30-25-26-33(2)3/h28,30H,5-27H2,1-4H3,(H2,31,32,34). The van der Waals surface area contributed by atoms with Crippen LogP contribution >= 0.6 is 0 Å². The molecule has 210 valence electrons. The van der Waals surface area contributed by atoms with Crippen LogP contribution in [0.15, 0.2) is 0 Å². The maximum Gasteiger partial charge on any atom is 0.314 e. The lowest BCUT2D eigenvalue weighted by molar-refractivity contribution is 0.180. The normalized spacial score (nSPS) is 12.3. The van der Waals surface area contributed by atoms with E-state index in [9.17, 15) is 4.79 Å². The van der Waals surface area contributed by atoms with E-state index < -0.39 is 0 Å². The SMILES string of the molecule is CCCCCCCCCCCCCCCCCCNC(=O)NCCC(CCOC)NCCN(C)C. The molecule has 0 saturated heterocycles. The second kappa shape index (κ2) is 27.7. The van der Waals surface area contributed by atoms with E-state index in [-0.39, 0.29) is 6.03 Å². The molecule has 0 fully saturated rings. The molecule has 0 aliphatic rings. The maximum absolute atomic E-state index is 12.0. The summed E-state index contributed by atoms with van der Waals surface area (Å²) in [4.78, 5) is 14.2. The topological polar surface area (TPSA) is 65.6 Å². The number of ether oxygens (including phenoxy) is 1. The lowest BCUT2D eigenvalue weighted by Crippen LogP contribution is -2.41. The van der Waals surface area contributed by atoms with Crippen molar-refractivity contribution in [3.05, 3.63) is 0 Å². The third-order valence-electron chi connectivity index (χ3n) is 6.76. The van der Waals surface area contributed by atoms with Crippen molar-refractivity contribution in [3.8, 4) is 0 Å². The first-order valence-corrected chi connectivity index (χ1v) is 15.0. The second-order valence-corrected chi connectivity index (χ2v) is 10.5. The first kappa shape index (κ1) is 34.1. The summed E-state index contributed by atoms with van der Waals surface area (Å²) in [7, 11) is 5.90. The van der Waals surface area contributed by atoms with Gasteiger partial charge in [0.2, 0.25) is 0 Å². The Morgan fingerprint density at radius 3 is 1.66 bits per heavy atom. The van der Waals surface area contributed by atoms with Gasteiger partial charge in [0.05, 0.1) is 0 Å². The number of unbranched alkanes of at least 4 members (excludes halogenated alkanes) is 15. The molecule has 0 aliphatic heterocycles. The van der Waals surface area contributed by atoms with Crippen molar-refractivity contribution in [1.29, 1.82) is 0 Å². The summed E-state index contributed by atoms with van der Waals surface area (Å²) in [6.45, 7) is 6.45. The van der Waals surface area contributed by atoms with Crippen LogP contribution in [0.25, 0.3) is 0 Å². The zero-order valence-electron chi connectivity index (χ0n) is 24.1. The van der Waals surface area contributed by atoms with Crippen LogP contribution < -0.4 is 16.0 Å². The Kier molecular flexibility index (Phi) is 27.1. The third kappa shape index (κ3) is 27.6. The van der Waals surface area contributed by atoms with Gasteiger partial charge in [-0.05, 0) is 33.4 Å². The lowest BCUT2D eigenvalue weighted by atomic mass is 10.0. The zero-order valence-corrected chi connectivity index (χ0v) is 24.1. The molecular weight excluding hydrogens is 436 g/mol. The van der Waals surface area contributed by atoms with Gasteiger partial charge < -0.3 is 25.6 Å². The van der Waals surface area contributed by atoms with Gasteiger partial charge >= 0.3 is 6.03 Å². The molecular formula is C29H62N4O2. The van der Waals surface area contributed by atoms with Gasteiger partial charge in [-0.1, -0.05) is 103 Å². The Bertz CT molecular complexity index is 435. The third-order valence-corrected chi connectivity index (χ3v) is 6.76. The average Bonchev–Trinajstić information content (AvgIpc) is 2.83. The Morgan fingerprint density at radius 2 is 1.17 bits per heavy atom. The average molecular weight is 499 g/mol. The fraction of sp³-hybridized carbons (Fsp3) is 0.966. The summed E-state index contributed by atoms with van der Waals surface area (Å²) in [6, 6.07) is 0.334. The quantitative estimate of drug-likeness (QED) is 0.113. The van der Waals surface area contributed by atoms with Crippen molar-refractivity contribution in [3.63, 3.8) is 0 Å². The predicted octanol–water partition coefficient (Wildman–Crippen LogP) is 6.49. The maximum atomic E-state index is 12.0. The summed E-state index contributed by atoms with van der Waals surface area (Å²) in [5.41, 5.74) is 0. The number of nitrogens with zero attached hydrogens (tertiary/aromatic N) is 1. The zero-order chi connectivity index (χ0) is 25.8. The van der Waals surface area contributed by atoms with E-state index in [4.69, 9.17) is 4.74 Å². The van der Waals surface area contributed by atoms with E-state index in [0.717, 1.165) is 45.5 Å². The van der Waals surface area contributed by atoms with Gasteiger partial charge in [0, 0.05) is 45.9 Å². The van der Waals surface area contributed by atoms with Crippen molar-refractivity contribution in [1.82, 2.24) is 20.9 Å². The predicted molar refractivity (Wildman–Crippen MR) is 152 cm³/mol. The molecule has 0 aliphatic carbocycles. The van der Waals surface area contributed by atoms with Gasteiger partial charge in [0.1, 0.15) is 0 Å². The molecule has 6 heteroatoms. The molecule has 0 heterocycles. The van der Waals surface area contributed by atoms with Crippen LogP contribution in [0.4, 0.5) is 4.79 Å². The molecule has 2 amide bonds. The number of methoxy groups -OCH3 is 1. The Morgan fingerprint density at radius 1 is 0.686 bits per heavy atom.